The standard InChI is InChI=1S/C12H13NS2/c1-13-8-4-7-12(13)10-6-3-2-5-9(10)11(14)15-12/h2-3,5-6H,4,7-8H2,1H3. The van der Waals surface area contributed by atoms with Gasteiger partial charge in [0.1, 0.15) is 0 Å². The van der Waals surface area contributed by atoms with Crippen molar-refractivity contribution in [3.63, 3.8) is 0 Å². The van der Waals surface area contributed by atoms with Crippen molar-refractivity contribution in [3.05, 3.63) is 35.4 Å². The lowest BCUT2D eigenvalue weighted by atomic mass is 9.99. The van der Waals surface area contributed by atoms with Gasteiger partial charge in [-0.15, -0.1) is 0 Å². The quantitative estimate of drug-likeness (QED) is 0.636. The molecule has 2 aliphatic heterocycles. The number of hydrogen-bond donors (Lipinski definition) is 0. The van der Waals surface area contributed by atoms with Crippen molar-refractivity contribution in [3.8, 4) is 0 Å². The van der Waals surface area contributed by atoms with Gasteiger partial charge in [-0.05, 0) is 32.0 Å². The van der Waals surface area contributed by atoms with Crippen molar-refractivity contribution in [2.45, 2.75) is 17.7 Å². The number of thiocarbonyl (C=S) groups is 1. The second kappa shape index (κ2) is 3.30. The van der Waals surface area contributed by atoms with Crippen LogP contribution < -0.4 is 0 Å². The monoisotopic (exact) mass is 235 g/mol. The van der Waals surface area contributed by atoms with Crippen molar-refractivity contribution in [1.29, 1.82) is 0 Å². The Labute approximate surface area is 99.9 Å². The minimum Gasteiger partial charge on any atom is -0.288 e. The maximum atomic E-state index is 5.47. The molecule has 1 unspecified atom stereocenters. The third-order valence-electron chi connectivity index (χ3n) is 3.46. The van der Waals surface area contributed by atoms with Crippen LogP contribution in [-0.4, -0.2) is 22.7 Å². The van der Waals surface area contributed by atoms with Crippen molar-refractivity contribution in [2.24, 2.45) is 0 Å². The molecule has 0 saturated carbocycles. The van der Waals surface area contributed by atoms with E-state index in [9.17, 15) is 0 Å². The highest BCUT2D eigenvalue weighted by Crippen LogP contribution is 2.54. The lowest BCUT2D eigenvalue weighted by Gasteiger charge is -2.31. The van der Waals surface area contributed by atoms with Crippen molar-refractivity contribution >= 4 is 28.2 Å². The first kappa shape index (κ1) is 9.82. The summed E-state index contributed by atoms with van der Waals surface area (Å²) in [6, 6.07) is 8.61. The predicted octanol–water partition coefficient (Wildman–Crippen LogP) is 2.99. The molecule has 78 valence electrons. The third kappa shape index (κ3) is 1.23. The van der Waals surface area contributed by atoms with Gasteiger partial charge < -0.3 is 0 Å². The SMILES string of the molecule is CN1CCCC12SC(=S)c1ccccc12. The third-order valence-corrected chi connectivity index (χ3v) is 5.40. The molecule has 1 aromatic carbocycles. The van der Waals surface area contributed by atoms with Gasteiger partial charge >= 0.3 is 0 Å². The molecule has 2 aliphatic rings. The number of rotatable bonds is 0. The van der Waals surface area contributed by atoms with Crippen LogP contribution in [0.2, 0.25) is 0 Å². The second-order valence-electron chi connectivity index (χ2n) is 4.24. The van der Waals surface area contributed by atoms with Crippen LogP contribution in [0.4, 0.5) is 0 Å². The molecule has 3 rings (SSSR count). The minimum absolute atomic E-state index is 0.160. The molecule has 15 heavy (non-hydrogen) atoms. The molecule has 2 heterocycles. The molecule has 0 aliphatic carbocycles. The molecule has 1 aromatic rings. The van der Waals surface area contributed by atoms with Gasteiger partial charge in [-0.1, -0.05) is 48.2 Å². The fraction of sp³-hybridized carbons (Fsp3) is 0.417. The average Bonchev–Trinajstić information content (AvgIpc) is 2.74. The van der Waals surface area contributed by atoms with Gasteiger partial charge in [0.15, 0.2) is 0 Å². The Morgan fingerprint density at radius 2 is 2.20 bits per heavy atom. The Morgan fingerprint density at radius 1 is 1.40 bits per heavy atom. The van der Waals surface area contributed by atoms with E-state index >= 15 is 0 Å². The van der Waals surface area contributed by atoms with E-state index in [4.69, 9.17) is 12.2 Å². The molecular formula is C12H13NS2. The Morgan fingerprint density at radius 3 is 2.93 bits per heavy atom. The van der Waals surface area contributed by atoms with Crippen molar-refractivity contribution in [1.82, 2.24) is 4.90 Å². The zero-order chi connectivity index (χ0) is 10.5. The Balaban J connectivity index is 2.19. The molecule has 0 aromatic heterocycles. The zero-order valence-corrected chi connectivity index (χ0v) is 10.3. The molecule has 1 atom stereocenters. The highest BCUT2D eigenvalue weighted by molar-refractivity contribution is 8.24. The minimum atomic E-state index is 0.160. The number of hydrogen-bond acceptors (Lipinski definition) is 3. The fourth-order valence-electron chi connectivity index (χ4n) is 2.66. The van der Waals surface area contributed by atoms with E-state index in [1.54, 1.807) is 0 Å². The summed E-state index contributed by atoms with van der Waals surface area (Å²) in [5.74, 6) is 0. The highest BCUT2D eigenvalue weighted by Gasteiger charge is 2.47. The van der Waals surface area contributed by atoms with Crippen LogP contribution in [0.1, 0.15) is 24.0 Å². The van der Waals surface area contributed by atoms with E-state index in [0.717, 1.165) is 4.20 Å². The molecule has 1 spiro atoms. The summed E-state index contributed by atoms with van der Waals surface area (Å²) in [7, 11) is 2.21. The first-order valence-corrected chi connectivity index (χ1v) is 6.51. The van der Waals surface area contributed by atoms with Crippen LogP contribution in [0.3, 0.4) is 0 Å². The largest absolute Gasteiger partial charge is 0.288 e. The summed E-state index contributed by atoms with van der Waals surface area (Å²) in [6.45, 7) is 1.18. The Kier molecular flexibility index (Phi) is 2.16. The highest BCUT2D eigenvalue weighted by atomic mass is 32.2. The van der Waals surface area contributed by atoms with Crippen molar-refractivity contribution in [2.75, 3.05) is 13.6 Å². The lowest BCUT2D eigenvalue weighted by Crippen LogP contribution is -2.33. The predicted molar refractivity (Wildman–Crippen MR) is 69.3 cm³/mol. The van der Waals surface area contributed by atoms with Crippen LogP contribution in [0.25, 0.3) is 0 Å². The molecule has 1 fully saturated rings. The average molecular weight is 235 g/mol. The molecular weight excluding hydrogens is 222 g/mol. The summed E-state index contributed by atoms with van der Waals surface area (Å²) in [5, 5.41) is 0. The first-order chi connectivity index (χ1) is 7.24. The van der Waals surface area contributed by atoms with Crippen LogP contribution in [0.15, 0.2) is 24.3 Å². The normalized spacial score (nSPS) is 30.1. The number of benzene rings is 1. The van der Waals surface area contributed by atoms with E-state index in [1.165, 1.54) is 30.5 Å². The smallest absolute Gasteiger partial charge is 0.0985 e. The Hall–Kier alpha value is -0.380. The first-order valence-electron chi connectivity index (χ1n) is 5.28. The van der Waals surface area contributed by atoms with Gasteiger partial charge in [0.25, 0.3) is 0 Å². The van der Waals surface area contributed by atoms with E-state index in [2.05, 4.69) is 36.2 Å². The van der Waals surface area contributed by atoms with Gasteiger partial charge in [-0.25, -0.2) is 0 Å². The second-order valence-corrected chi connectivity index (χ2v) is 6.20. The van der Waals surface area contributed by atoms with E-state index < -0.39 is 0 Å². The number of fused-ring (bicyclic) bond motifs is 2. The van der Waals surface area contributed by atoms with E-state index in [1.807, 2.05) is 11.8 Å². The molecule has 1 saturated heterocycles. The van der Waals surface area contributed by atoms with Gasteiger partial charge in [0.05, 0.1) is 9.07 Å². The summed E-state index contributed by atoms with van der Waals surface area (Å²) in [5.41, 5.74) is 2.71. The molecule has 3 heteroatoms. The molecule has 1 nitrogen and oxygen atoms in total. The van der Waals surface area contributed by atoms with Gasteiger partial charge in [0, 0.05) is 5.56 Å². The summed E-state index contributed by atoms with van der Waals surface area (Å²) in [6.07, 6.45) is 2.51. The van der Waals surface area contributed by atoms with Gasteiger partial charge in [0.2, 0.25) is 0 Å². The molecule has 0 bridgehead atoms. The molecule has 0 N–H and O–H groups in total. The molecule has 0 amide bonds. The number of nitrogens with zero attached hydrogens (tertiary/aromatic N) is 1. The van der Waals surface area contributed by atoms with E-state index in [0.29, 0.717) is 0 Å². The van der Waals surface area contributed by atoms with Crippen molar-refractivity contribution < 1.29 is 0 Å². The van der Waals surface area contributed by atoms with Crippen LogP contribution >= 0.6 is 24.0 Å². The molecule has 0 radical (unpaired) electrons. The van der Waals surface area contributed by atoms with E-state index in [-0.39, 0.29) is 4.87 Å². The summed E-state index contributed by atoms with van der Waals surface area (Å²) >= 11 is 7.34. The maximum Gasteiger partial charge on any atom is 0.0985 e. The lowest BCUT2D eigenvalue weighted by molar-refractivity contribution is 0.283. The van der Waals surface area contributed by atoms with Gasteiger partial charge in [-0.3, -0.25) is 4.90 Å². The summed E-state index contributed by atoms with van der Waals surface area (Å²) < 4.78 is 1.07. The van der Waals surface area contributed by atoms with Gasteiger partial charge in [-0.2, -0.15) is 0 Å². The number of likely N-dealkylation sites (tertiary alicyclic amines) is 1. The fourth-order valence-corrected chi connectivity index (χ4v) is 4.63. The zero-order valence-electron chi connectivity index (χ0n) is 8.69. The maximum absolute atomic E-state index is 5.47. The summed E-state index contributed by atoms with van der Waals surface area (Å²) in [4.78, 5) is 2.61. The topological polar surface area (TPSA) is 3.24 Å². The van der Waals surface area contributed by atoms with Crippen LogP contribution in [0, 0.1) is 0 Å². The Bertz CT molecular complexity index is 429. The van der Waals surface area contributed by atoms with Crippen LogP contribution in [0.5, 0.6) is 0 Å². The number of thioether (sulfide) groups is 1. The van der Waals surface area contributed by atoms with Crippen LogP contribution in [-0.2, 0) is 4.87 Å².